The summed E-state index contributed by atoms with van der Waals surface area (Å²) in [5, 5.41) is 17.5. The lowest BCUT2D eigenvalue weighted by Gasteiger charge is -2.05. The van der Waals surface area contributed by atoms with E-state index in [4.69, 9.17) is 16.7 Å². The number of hydrogen-bond donors (Lipinski definition) is 1. The van der Waals surface area contributed by atoms with Crippen LogP contribution in [0.2, 0.25) is 5.02 Å². The second-order valence-corrected chi connectivity index (χ2v) is 6.40. The first-order chi connectivity index (χ1) is 9.97. The van der Waals surface area contributed by atoms with Gasteiger partial charge in [0.15, 0.2) is 11.5 Å². The van der Waals surface area contributed by atoms with E-state index < -0.39 is 5.97 Å². The number of aromatic nitrogens is 3. The van der Waals surface area contributed by atoms with Crippen molar-refractivity contribution in [1.82, 2.24) is 14.6 Å². The fraction of sp³-hybridized carbons (Fsp3) is 0. The number of pyridine rings is 1. The summed E-state index contributed by atoms with van der Waals surface area (Å²) in [6.45, 7) is 0. The fourth-order valence-electron chi connectivity index (χ4n) is 1.93. The molecule has 8 heteroatoms. The van der Waals surface area contributed by atoms with E-state index in [-0.39, 0.29) is 10.6 Å². The summed E-state index contributed by atoms with van der Waals surface area (Å²) in [7, 11) is 0. The number of fused-ring (bicyclic) bond motifs is 1. The van der Waals surface area contributed by atoms with E-state index in [1.807, 2.05) is 18.2 Å². The van der Waals surface area contributed by atoms with E-state index in [2.05, 4.69) is 42.1 Å². The van der Waals surface area contributed by atoms with E-state index >= 15 is 0 Å². The van der Waals surface area contributed by atoms with Gasteiger partial charge in [0, 0.05) is 20.7 Å². The zero-order chi connectivity index (χ0) is 15.1. The van der Waals surface area contributed by atoms with Gasteiger partial charge < -0.3 is 5.11 Å². The van der Waals surface area contributed by atoms with Crippen molar-refractivity contribution in [2.45, 2.75) is 0 Å². The Hall–Kier alpha value is -1.44. The summed E-state index contributed by atoms with van der Waals surface area (Å²) in [5.41, 5.74) is 1.26. The third-order valence-electron chi connectivity index (χ3n) is 2.88. The van der Waals surface area contributed by atoms with Gasteiger partial charge in [-0.25, -0.2) is 4.79 Å². The van der Waals surface area contributed by atoms with E-state index in [0.717, 1.165) is 14.5 Å². The van der Waals surface area contributed by atoms with E-state index in [9.17, 15) is 4.79 Å². The number of rotatable bonds is 2. The van der Waals surface area contributed by atoms with Crippen LogP contribution in [0.1, 0.15) is 10.4 Å². The molecular weight excluding hydrogens is 425 g/mol. The van der Waals surface area contributed by atoms with Crippen molar-refractivity contribution in [2.75, 3.05) is 0 Å². The van der Waals surface area contributed by atoms with Gasteiger partial charge in [-0.15, -0.1) is 10.2 Å². The number of halogens is 3. The highest BCUT2D eigenvalue weighted by Gasteiger charge is 2.16. The molecule has 0 saturated heterocycles. The monoisotopic (exact) mass is 429 g/mol. The molecule has 2 aromatic heterocycles. The van der Waals surface area contributed by atoms with Gasteiger partial charge in [0.2, 0.25) is 0 Å². The highest BCUT2D eigenvalue weighted by atomic mass is 79.9. The van der Waals surface area contributed by atoms with Crippen LogP contribution in [-0.4, -0.2) is 25.7 Å². The van der Waals surface area contributed by atoms with Gasteiger partial charge in [0.05, 0.1) is 10.6 Å². The van der Waals surface area contributed by atoms with Crippen molar-refractivity contribution in [3.63, 3.8) is 0 Å². The van der Waals surface area contributed by atoms with E-state index in [0.29, 0.717) is 11.5 Å². The van der Waals surface area contributed by atoms with Gasteiger partial charge in [-0.05, 0) is 40.2 Å². The normalized spacial score (nSPS) is 11.0. The molecule has 0 aliphatic rings. The van der Waals surface area contributed by atoms with Gasteiger partial charge in [-0.3, -0.25) is 4.40 Å². The fourth-order valence-corrected chi connectivity index (χ4v) is 3.40. The smallest absolute Gasteiger partial charge is 0.337 e. The molecule has 1 aromatic carbocycles. The van der Waals surface area contributed by atoms with Crippen molar-refractivity contribution < 1.29 is 9.90 Å². The van der Waals surface area contributed by atoms with Crippen molar-refractivity contribution in [3.8, 4) is 11.4 Å². The molecule has 0 bridgehead atoms. The first kappa shape index (κ1) is 14.5. The molecule has 3 aromatic rings. The third kappa shape index (κ3) is 2.56. The van der Waals surface area contributed by atoms with Gasteiger partial charge in [0.1, 0.15) is 0 Å². The molecule has 0 unspecified atom stereocenters. The van der Waals surface area contributed by atoms with Crippen LogP contribution in [-0.2, 0) is 0 Å². The Kier molecular flexibility index (Phi) is 3.73. The van der Waals surface area contributed by atoms with Crippen molar-refractivity contribution in [3.05, 3.63) is 50.0 Å². The first-order valence-electron chi connectivity index (χ1n) is 5.70. The van der Waals surface area contributed by atoms with Crippen LogP contribution in [0.25, 0.3) is 17.0 Å². The number of carbonyl (C=O) groups is 1. The Labute approximate surface area is 140 Å². The largest absolute Gasteiger partial charge is 0.478 e. The predicted octanol–water partition coefficient (Wildman–Crippen LogP) is 4.27. The summed E-state index contributed by atoms with van der Waals surface area (Å²) in [5.74, 6) is -0.553. The average molecular weight is 431 g/mol. The molecule has 0 radical (unpaired) electrons. The molecule has 0 amide bonds. The Morgan fingerprint density at radius 2 is 2.00 bits per heavy atom. The Balaban J connectivity index is 2.30. The van der Waals surface area contributed by atoms with Crippen LogP contribution in [0.4, 0.5) is 0 Å². The number of carboxylic acid groups (broad SMARTS) is 1. The Morgan fingerprint density at radius 3 is 2.67 bits per heavy atom. The molecule has 1 N–H and O–H groups in total. The summed E-state index contributed by atoms with van der Waals surface area (Å²) in [6, 6.07) is 6.95. The second kappa shape index (κ2) is 5.40. The van der Waals surface area contributed by atoms with Crippen LogP contribution in [0.15, 0.2) is 39.4 Å². The second-order valence-electron chi connectivity index (χ2n) is 4.22. The van der Waals surface area contributed by atoms with Gasteiger partial charge >= 0.3 is 5.97 Å². The van der Waals surface area contributed by atoms with E-state index in [1.54, 1.807) is 4.40 Å². The standard InChI is InChI=1S/C13H6Br2ClN3O2/c14-7-1-2-8(9(15)4-7)11-17-18-12-10(16)3-6(13(20)21)5-19(11)12/h1-5H,(H,20,21). The molecule has 0 aliphatic heterocycles. The Bertz CT molecular complexity index is 879. The van der Waals surface area contributed by atoms with Crippen LogP contribution in [0.3, 0.4) is 0 Å². The lowest BCUT2D eigenvalue weighted by atomic mass is 10.2. The van der Waals surface area contributed by atoms with Gasteiger partial charge in [-0.2, -0.15) is 0 Å². The lowest BCUT2D eigenvalue weighted by molar-refractivity contribution is 0.0696. The van der Waals surface area contributed by atoms with Crippen molar-refractivity contribution >= 4 is 55.1 Å². The minimum absolute atomic E-state index is 0.0711. The zero-order valence-electron chi connectivity index (χ0n) is 10.2. The van der Waals surface area contributed by atoms with Gasteiger partial charge in [-0.1, -0.05) is 27.5 Å². The predicted molar refractivity (Wildman–Crippen MR) is 85.8 cm³/mol. The minimum atomic E-state index is -1.06. The first-order valence-corrected chi connectivity index (χ1v) is 7.67. The number of carboxylic acids is 1. The topological polar surface area (TPSA) is 67.5 Å². The van der Waals surface area contributed by atoms with Gasteiger partial charge in [0.25, 0.3) is 0 Å². The van der Waals surface area contributed by atoms with E-state index in [1.165, 1.54) is 12.3 Å². The maximum absolute atomic E-state index is 11.1. The number of benzene rings is 1. The maximum atomic E-state index is 11.1. The number of nitrogens with zero attached hydrogens (tertiary/aromatic N) is 3. The highest BCUT2D eigenvalue weighted by Crippen LogP contribution is 2.31. The molecule has 5 nitrogen and oxygen atoms in total. The maximum Gasteiger partial charge on any atom is 0.337 e. The van der Waals surface area contributed by atoms with Crippen LogP contribution in [0.5, 0.6) is 0 Å². The number of hydrogen-bond acceptors (Lipinski definition) is 3. The molecule has 21 heavy (non-hydrogen) atoms. The molecule has 0 aliphatic carbocycles. The van der Waals surface area contributed by atoms with Crippen molar-refractivity contribution in [2.24, 2.45) is 0 Å². The van der Waals surface area contributed by atoms with Crippen molar-refractivity contribution in [1.29, 1.82) is 0 Å². The molecule has 3 rings (SSSR count). The minimum Gasteiger partial charge on any atom is -0.478 e. The molecular formula is C13H6Br2ClN3O2. The molecule has 0 atom stereocenters. The quantitative estimate of drug-likeness (QED) is 0.658. The Morgan fingerprint density at radius 1 is 1.24 bits per heavy atom. The molecule has 106 valence electrons. The van der Waals surface area contributed by atoms with Crippen LogP contribution in [0, 0.1) is 0 Å². The third-order valence-corrected chi connectivity index (χ3v) is 4.31. The molecule has 0 saturated carbocycles. The average Bonchev–Trinajstić information content (AvgIpc) is 2.83. The summed E-state index contributed by atoms with van der Waals surface area (Å²) >= 11 is 12.9. The molecule has 0 fully saturated rings. The number of aromatic carboxylic acids is 1. The SMILES string of the molecule is O=C(O)c1cc(Cl)c2nnc(-c3ccc(Br)cc3Br)n2c1. The summed E-state index contributed by atoms with van der Waals surface area (Å²) in [4.78, 5) is 11.1. The lowest BCUT2D eigenvalue weighted by Crippen LogP contribution is -2.00. The summed E-state index contributed by atoms with van der Waals surface area (Å²) < 4.78 is 3.29. The summed E-state index contributed by atoms with van der Waals surface area (Å²) in [6.07, 6.45) is 1.45. The highest BCUT2D eigenvalue weighted by molar-refractivity contribution is 9.11. The molecule has 0 spiro atoms. The van der Waals surface area contributed by atoms with Crippen LogP contribution >= 0.6 is 43.5 Å². The zero-order valence-corrected chi connectivity index (χ0v) is 14.1. The van der Waals surface area contributed by atoms with Crippen LogP contribution < -0.4 is 0 Å². The molecule has 2 heterocycles.